The Morgan fingerprint density at radius 3 is 2.62 bits per heavy atom. The van der Waals surface area contributed by atoms with Crippen molar-refractivity contribution in [3.05, 3.63) is 24.3 Å². The van der Waals surface area contributed by atoms with Gasteiger partial charge in [0.25, 0.3) is 0 Å². The van der Waals surface area contributed by atoms with Crippen LogP contribution in [-0.2, 0) is 0 Å². The number of anilines is 1. The molecular formula is C13H16N2O. The van der Waals surface area contributed by atoms with E-state index in [9.17, 15) is 0 Å². The lowest BCUT2D eigenvalue weighted by molar-refractivity contribution is 0.333. The van der Waals surface area contributed by atoms with E-state index in [4.69, 9.17) is 10.00 Å². The minimum absolute atomic E-state index is 0.106. The highest BCUT2D eigenvalue weighted by Gasteiger charge is 2.16. The van der Waals surface area contributed by atoms with Gasteiger partial charge < -0.3 is 10.1 Å². The third kappa shape index (κ3) is 2.90. The number of nitrogens with one attached hydrogen (secondary N) is 1. The van der Waals surface area contributed by atoms with Crippen molar-refractivity contribution in [1.82, 2.24) is 0 Å². The second-order valence-corrected chi connectivity index (χ2v) is 4.15. The Morgan fingerprint density at radius 1 is 1.31 bits per heavy atom. The van der Waals surface area contributed by atoms with Gasteiger partial charge in [0.05, 0.1) is 0 Å². The van der Waals surface area contributed by atoms with Crippen molar-refractivity contribution in [3.63, 3.8) is 0 Å². The van der Waals surface area contributed by atoms with E-state index in [1.165, 1.54) is 19.3 Å². The summed E-state index contributed by atoms with van der Waals surface area (Å²) in [6.45, 7) is 1.17. The minimum atomic E-state index is 0.106. The maximum absolute atomic E-state index is 8.37. The average molecular weight is 216 g/mol. The van der Waals surface area contributed by atoms with Crippen LogP contribution in [-0.4, -0.2) is 13.2 Å². The van der Waals surface area contributed by atoms with Gasteiger partial charge in [-0.3, -0.25) is 0 Å². The molecule has 16 heavy (non-hydrogen) atoms. The van der Waals surface area contributed by atoms with Gasteiger partial charge >= 0.3 is 0 Å². The van der Waals surface area contributed by atoms with Crippen LogP contribution in [0, 0.1) is 17.2 Å². The Hall–Kier alpha value is -1.69. The first kappa shape index (κ1) is 10.8. The highest BCUT2D eigenvalue weighted by atomic mass is 16.5. The molecule has 0 aromatic heterocycles. The third-order valence-electron chi connectivity index (χ3n) is 2.98. The monoisotopic (exact) mass is 216 g/mol. The molecule has 3 nitrogen and oxygen atoms in total. The van der Waals surface area contributed by atoms with Crippen molar-refractivity contribution in [1.29, 1.82) is 5.26 Å². The maximum Gasteiger partial charge on any atom is 0.174 e. The first-order valence-corrected chi connectivity index (χ1v) is 5.72. The topological polar surface area (TPSA) is 45.0 Å². The quantitative estimate of drug-likeness (QED) is 0.823. The third-order valence-corrected chi connectivity index (χ3v) is 2.98. The number of hydrogen-bond acceptors (Lipinski definition) is 3. The summed E-state index contributed by atoms with van der Waals surface area (Å²) < 4.78 is 5.18. The Morgan fingerprint density at radius 2 is 2.06 bits per heavy atom. The summed E-state index contributed by atoms with van der Waals surface area (Å²) in [5.74, 6) is 1.60. The largest absolute Gasteiger partial charge is 0.479 e. The summed E-state index contributed by atoms with van der Waals surface area (Å²) in [7, 11) is 0. The van der Waals surface area contributed by atoms with E-state index in [2.05, 4.69) is 5.32 Å². The molecule has 1 N–H and O–H groups in total. The summed E-state index contributed by atoms with van der Waals surface area (Å²) >= 11 is 0. The van der Waals surface area contributed by atoms with Crippen LogP contribution in [0.15, 0.2) is 24.3 Å². The normalized spacial score (nSPS) is 14.9. The molecule has 3 heteroatoms. The van der Waals surface area contributed by atoms with E-state index in [0.29, 0.717) is 0 Å². The molecule has 1 aliphatic carbocycles. The van der Waals surface area contributed by atoms with Crippen LogP contribution < -0.4 is 10.1 Å². The molecular weight excluding hydrogens is 200 g/mol. The Balaban J connectivity index is 1.79. The zero-order valence-corrected chi connectivity index (χ0v) is 9.28. The van der Waals surface area contributed by atoms with E-state index in [1.54, 1.807) is 0 Å². The molecule has 1 aromatic rings. The van der Waals surface area contributed by atoms with Gasteiger partial charge in [0.2, 0.25) is 0 Å². The first-order chi connectivity index (χ1) is 7.88. The van der Waals surface area contributed by atoms with Gasteiger partial charge in [-0.1, -0.05) is 6.42 Å². The Kier molecular flexibility index (Phi) is 3.66. The highest BCUT2D eigenvalue weighted by Crippen LogP contribution is 2.26. The molecule has 0 bridgehead atoms. The number of rotatable bonds is 5. The van der Waals surface area contributed by atoms with Crippen LogP contribution in [0.4, 0.5) is 5.69 Å². The van der Waals surface area contributed by atoms with Crippen molar-refractivity contribution >= 4 is 5.69 Å². The molecule has 0 heterocycles. The van der Waals surface area contributed by atoms with Crippen molar-refractivity contribution < 1.29 is 4.74 Å². The number of ether oxygens (including phenoxy) is 1. The van der Waals surface area contributed by atoms with Crippen LogP contribution >= 0.6 is 0 Å². The van der Waals surface area contributed by atoms with E-state index >= 15 is 0 Å². The molecule has 0 saturated heterocycles. The van der Waals surface area contributed by atoms with Gasteiger partial charge in [-0.2, -0.15) is 5.26 Å². The summed E-state index contributed by atoms with van der Waals surface area (Å²) in [6, 6.07) is 9.71. The lowest BCUT2D eigenvalue weighted by atomic mass is 9.85. The molecule has 0 spiro atoms. The molecule has 2 rings (SSSR count). The van der Waals surface area contributed by atoms with E-state index in [-0.39, 0.29) is 6.61 Å². The van der Waals surface area contributed by atoms with Gasteiger partial charge in [-0.25, -0.2) is 0 Å². The number of nitrogens with zero attached hydrogens (tertiary/aromatic N) is 1. The van der Waals surface area contributed by atoms with Crippen molar-refractivity contribution in [2.24, 2.45) is 5.92 Å². The lowest BCUT2D eigenvalue weighted by Gasteiger charge is -2.25. The second-order valence-electron chi connectivity index (χ2n) is 4.15. The molecule has 1 aromatic carbocycles. The van der Waals surface area contributed by atoms with Crippen molar-refractivity contribution in [2.45, 2.75) is 19.3 Å². The van der Waals surface area contributed by atoms with Gasteiger partial charge in [0.15, 0.2) is 6.61 Å². The predicted octanol–water partition coefficient (Wildman–Crippen LogP) is 2.80. The summed E-state index contributed by atoms with van der Waals surface area (Å²) in [4.78, 5) is 0. The summed E-state index contributed by atoms with van der Waals surface area (Å²) in [5.41, 5.74) is 1.12. The maximum atomic E-state index is 8.37. The molecule has 1 fully saturated rings. The second kappa shape index (κ2) is 5.41. The van der Waals surface area contributed by atoms with Gasteiger partial charge in [0, 0.05) is 12.2 Å². The SMILES string of the molecule is N#CCOc1ccc(NCC2CCC2)cc1. The zero-order valence-electron chi connectivity index (χ0n) is 9.28. The molecule has 0 amide bonds. The molecule has 1 saturated carbocycles. The molecule has 1 aliphatic rings. The fourth-order valence-corrected chi connectivity index (χ4v) is 1.74. The highest BCUT2D eigenvalue weighted by molar-refractivity contribution is 5.46. The number of hydrogen-bond donors (Lipinski definition) is 1. The fraction of sp³-hybridized carbons (Fsp3) is 0.462. The minimum Gasteiger partial charge on any atom is -0.479 e. The van der Waals surface area contributed by atoms with Gasteiger partial charge in [-0.05, 0) is 43.0 Å². The van der Waals surface area contributed by atoms with Gasteiger partial charge in [0.1, 0.15) is 11.8 Å². The van der Waals surface area contributed by atoms with Crippen LogP contribution in [0.3, 0.4) is 0 Å². The number of nitriles is 1. The molecule has 0 atom stereocenters. The van der Waals surface area contributed by atoms with E-state index < -0.39 is 0 Å². The summed E-state index contributed by atoms with van der Waals surface area (Å²) in [5, 5.41) is 11.8. The van der Waals surface area contributed by atoms with Crippen LogP contribution in [0.25, 0.3) is 0 Å². The number of benzene rings is 1. The van der Waals surface area contributed by atoms with E-state index in [0.717, 1.165) is 23.9 Å². The molecule has 0 unspecified atom stereocenters. The van der Waals surface area contributed by atoms with Gasteiger partial charge in [-0.15, -0.1) is 0 Å². The van der Waals surface area contributed by atoms with Crippen LogP contribution in [0.1, 0.15) is 19.3 Å². The molecule has 0 radical (unpaired) electrons. The Labute approximate surface area is 96.0 Å². The zero-order chi connectivity index (χ0) is 11.2. The molecule has 84 valence electrons. The predicted molar refractivity (Wildman–Crippen MR) is 63.4 cm³/mol. The van der Waals surface area contributed by atoms with Crippen LogP contribution in [0.5, 0.6) is 5.75 Å². The van der Waals surface area contributed by atoms with Crippen molar-refractivity contribution in [3.8, 4) is 11.8 Å². The van der Waals surface area contributed by atoms with Crippen molar-refractivity contribution in [2.75, 3.05) is 18.5 Å². The fourth-order valence-electron chi connectivity index (χ4n) is 1.74. The Bertz CT molecular complexity index is 363. The first-order valence-electron chi connectivity index (χ1n) is 5.72. The average Bonchev–Trinajstić information content (AvgIpc) is 2.26. The lowest BCUT2D eigenvalue weighted by Crippen LogP contribution is -2.20. The molecule has 0 aliphatic heterocycles. The standard InChI is InChI=1S/C13H16N2O/c14-8-9-16-13-6-4-12(5-7-13)15-10-11-2-1-3-11/h4-7,11,15H,1-3,9-10H2. The van der Waals surface area contributed by atoms with Crippen LogP contribution in [0.2, 0.25) is 0 Å². The van der Waals surface area contributed by atoms with E-state index in [1.807, 2.05) is 30.3 Å². The summed E-state index contributed by atoms with van der Waals surface area (Å²) in [6.07, 6.45) is 4.10. The smallest absolute Gasteiger partial charge is 0.174 e.